The molecule has 1 fully saturated rings. The van der Waals surface area contributed by atoms with Crippen LogP contribution in [0.15, 0.2) is 30.3 Å². The highest BCUT2D eigenvalue weighted by Crippen LogP contribution is 2.38. The predicted molar refractivity (Wildman–Crippen MR) is 63.0 cm³/mol. The van der Waals surface area contributed by atoms with E-state index in [0.29, 0.717) is 13.0 Å². The van der Waals surface area contributed by atoms with Crippen molar-refractivity contribution in [2.24, 2.45) is 5.92 Å². The first-order valence-corrected chi connectivity index (χ1v) is 6.28. The van der Waals surface area contributed by atoms with Crippen LogP contribution in [0, 0.1) is 5.92 Å². The van der Waals surface area contributed by atoms with Crippen molar-refractivity contribution >= 4 is 0 Å². The highest BCUT2D eigenvalue weighted by Gasteiger charge is 2.42. The van der Waals surface area contributed by atoms with Crippen LogP contribution in [-0.4, -0.2) is 12.3 Å². The molecule has 0 bridgehead atoms. The molecule has 1 aromatic carbocycles. The average molecular weight is 258 g/mol. The van der Waals surface area contributed by atoms with Gasteiger partial charge >= 0.3 is 6.18 Å². The number of benzene rings is 1. The van der Waals surface area contributed by atoms with Crippen LogP contribution in [-0.2, 0) is 11.3 Å². The molecule has 2 unspecified atom stereocenters. The molecule has 0 aliphatic heterocycles. The maximum Gasteiger partial charge on any atom is 0.391 e. The van der Waals surface area contributed by atoms with Crippen LogP contribution in [0.2, 0.25) is 0 Å². The van der Waals surface area contributed by atoms with Crippen LogP contribution in [0.25, 0.3) is 0 Å². The van der Waals surface area contributed by atoms with Crippen molar-refractivity contribution in [2.45, 2.75) is 44.6 Å². The summed E-state index contributed by atoms with van der Waals surface area (Å²) in [4.78, 5) is 0. The van der Waals surface area contributed by atoms with Gasteiger partial charge in [-0.15, -0.1) is 0 Å². The molecular formula is C14H17F3O. The molecule has 0 heterocycles. The Labute approximate surface area is 105 Å². The summed E-state index contributed by atoms with van der Waals surface area (Å²) >= 11 is 0. The van der Waals surface area contributed by atoms with Gasteiger partial charge in [0, 0.05) is 0 Å². The van der Waals surface area contributed by atoms with Gasteiger partial charge in [0.15, 0.2) is 0 Å². The maximum atomic E-state index is 12.6. The number of rotatable bonds is 3. The zero-order valence-electron chi connectivity index (χ0n) is 10.1. The number of halogens is 3. The Hall–Kier alpha value is -1.03. The van der Waals surface area contributed by atoms with E-state index in [4.69, 9.17) is 4.74 Å². The van der Waals surface area contributed by atoms with Crippen molar-refractivity contribution in [1.29, 1.82) is 0 Å². The van der Waals surface area contributed by atoms with E-state index in [0.717, 1.165) is 12.0 Å². The van der Waals surface area contributed by atoms with Gasteiger partial charge < -0.3 is 4.74 Å². The zero-order valence-corrected chi connectivity index (χ0v) is 10.1. The van der Waals surface area contributed by atoms with Gasteiger partial charge in [0.25, 0.3) is 0 Å². The van der Waals surface area contributed by atoms with E-state index in [9.17, 15) is 13.2 Å². The van der Waals surface area contributed by atoms with Gasteiger partial charge in [-0.25, -0.2) is 0 Å². The second-order valence-electron chi connectivity index (χ2n) is 4.82. The smallest absolute Gasteiger partial charge is 0.374 e. The SMILES string of the molecule is FC(F)(F)C1CCCC(OCc2ccccc2)C1. The van der Waals surface area contributed by atoms with E-state index in [2.05, 4.69) is 0 Å². The Morgan fingerprint density at radius 3 is 2.50 bits per heavy atom. The third kappa shape index (κ3) is 3.73. The molecule has 0 radical (unpaired) electrons. The molecule has 2 rings (SSSR count). The second kappa shape index (κ2) is 5.74. The second-order valence-corrected chi connectivity index (χ2v) is 4.82. The average Bonchev–Trinajstić information content (AvgIpc) is 2.37. The van der Waals surface area contributed by atoms with E-state index in [1.807, 2.05) is 30.3 Å². The number of hydrogen-bond acceptors (Lipinski definition) is 1. The van der Waals surface area contributed by atoms with E-state index < -0.39 is 12.1 Å². The fourth-order valence-electron chi connectivity index (χ4n) is 2.38. The summed E-state index contributed by atoms with van der Waals surface area (Å²) in [5, 5.41) is 0. The van der Waals surface area contributed by atoms with Gasteiger partial charge in [0.05, 0.1) is 18.6 Å². The van der Waals surface area contributed by atoms with Crippen LogP contribution in [0.5, 0.6) is 0 Å². The first kappa shape index (κ1) is 13.4. The largest absolute Gasteiger partial charge is 0.391 e. The van der Waals surface area contributed by atoms with E-state index in [-0.39, 0.29) is 18.9 Å². The lowest BCUT2D eigenvalue weighted by Gasteiger charge is -2.30. The molecule has 1 aliphatic carbocycles. The first-order valence-electron chi connectivity index (χ1n) is 6.28. The number of ether oxygens (including phenoxy) is 1. The van der Waals surface area contributed by atoms with Crippen LogP contribution in [0.3, 0.4) is 0 Å². The molecule has 0 saturated heterocycles. The lowest BCUT2D eigenvalue weighted by molar-refractivity contribution is -0.193. The number of alkyl halides is 3. The molecule has 0 aromatic heterocycles. The Kier molecular flexibility index (Phi) is 4.27. The van der Waals surface area contributed by atoms with Gasteiger partial charge in [-0.1, -0.05) is 36.8 Å². The van der Waals surface area contributed by atoms with Crippen LogP contribution >= 0.6 is 0 Å². The molecule has 1 nitrogen and oxygen atoms in total. The van der Waals surface area contributed by atoms with Gasteiger partial charge in [0.2, 0.25) is 0 Å². The molecule has 0 spiro atoms. The van der Waals surface area contributed by atoms with Gasteiger partial charge in [-0.3, -0.25) is 0 Å². The van der Waals surface area contributed by atoms with Crippen molar-refractivity contribution in [1.82, 2.24) is 0 Å². The quantitative estimate of drug-likeness (QED) is 0.784. The van der Waals surface area contributed by atoms with E-state index in [1.165, 1.54) is 0 Å². The minimum absolute atomic E-state index is 0.107. The molecule has 1 aromatic rings. The number of hydrogen-bond donors (Lipinski definition) is 0. The molecule has 100 valence electrons. The standard InChI is InChI=1S/C14H17F3O/c15-14(16,17)12-7-4-8-13(9-12)18-10-11-5-2-1-3-6-11/h1-3,5-6,12-13H,4,7-10H2. The lowest BCUT2D eigenvalue weighted by Crippen LogP contribution is -2.32. The fraction of sp³-hybridized carbons (Fsp3) is 0.571. The molecule has 1 saturated carbocycles. The van der Waals surface area contributed by atoms with Crippen molar-refractivity contribution in [3.63, 3.8) is 0 Å². The highest BCUT2D eigenvalue weighted by atomic mass is 19.4. The van der Waals surface area contributed by atoms with E-state index in [1.54, 1.807) is 0 Å². The molecule has 0 amide bonds. The fourth-order valence-corrected chi connectivity index (χ4v) is 2.38. The molecule has 1 aliphatic rings. The molecular weight excluding hydrogens is 241 g/mol. The monoisotopic (exact) mass is 258 g/mol. The normalized spacial score (nSPS) is 25.1. The van der Waals surface area contributed by atoms with Crippen molar-refractivity contribution < 1.29 is 17.9 Å². The minimum Gasteiger partial charge on any atom is -0.374 e. The summed E-state index contributed by atoms with van der Waals surface area (Å²) in [7, 11) is 0. The summed E-state index contributed by atoms with van der Waals surface area (Å²) < 4.78 is 43.5. The zero-order chi connectivity index (χ0) is 13.0. The van der Waals surface area contributed by atoms with Gasteiger partial charge in [0.1, 0.15) is 0 Å². The summed E-state index contributed by atoms with van der Waals surface area (Å²) in [6.07, 6.45) is -2.64. The summed E-state index contributed by atoms with van der Waals surface area (Å²) in [5.74, 6) is -1.19. The summed E-state index contributed by atoms with van der Waals surface area (Å²) in [6.45, 7) is 0.399. The highest BCUT2D eigenvalue weighted by molar-refractivity contribution is 5.13. The first-order chi connectivity index (χ1) is 8.55. The molecule has 4 heteroatoms. The summed E-state index contributed by atoms with van der Waals surface area (Å²) in [6, 6.07) is 9.55. The Balaban J connectivity index is 1.83. The molecule has 0 N–H and O–H groups in total. The predicted octanol–water partition coefficient (Wildman–Crippen LogP) is 4.32. The topological polar surface area (TPSA) is 9.23 Å². The van der Waals surface area contributed by atoms with Crippen LogP contribution in [0.1, 0.15) is 31.2 Å². The lowest BCUT2D eigenvalue weighted by atomic mass is 9.87. The van der Waals surface area contributed by atoms with Crippen molar-refractivity contribution in [3.8, 4) is 0 Å². The Bertz CT molecular complexity index is 361. The van der Waals surface area contributed by atoms with Gasteiger partial charge in [-0.05, 0) is 24.8 Å². The Morgan fingerprint density at radius 1 is 1.11 bits per heavy atom. The van der Waals surface area contributed by atoms with Crippen LogP contribution in [0.4, 0.5) is 13.2 Å². The van der Waals surface area contributed by atoms with Gasteiger partial charge in [-0.2, -0.15) is 13.2 Å². The third-order valence-corrected chi connectivity index (χ3v) is 3.42. The van der Waals surface area contributed by atoms with Crippen molar-refractivity contribution in [3.05, 3.63) is 35.9 Å². The Morgan fingerprint density at radius 2 is 1.83 bits per heavy atom. The van der Waals surface area contributed by atoms with E-state index >= 15 is 0 Å². The molecule has 18 heavy (non-hydrogen) atoms. The third-order valence-electron chi connectivity index (χ3n) is 3.42. The molecule has 2 atom stereocenters. The summed E-state index contributed by atoms with van der Waals surface area (Å²) in [5.41, 5.74) is 1.01. The van der Waals surface area contributed by atoms with Crippen LogP contribution < -0.4 is 0 Å². The van der Waals surface area contributed by atoms with Crippen molar-refractivity contribution in [2.75, 3.05) is 0 Å². The maximum absolute atomic E-state index is 12.6. The minimum atomic E-state index is -4.07.